The van der Waals surface area contributed by atoms with Gasteiger partial charge in [-0.1, -0.05) is 12.1 Å². The first-order chi connectivity index (χ1) is 10.3. The summed E-state index contributed by atoms with van der Waals surface area (Å²) < 4.78 is 43.0. The maximum absolute atomic E-state index is 12.6. The number of anilines is 2. The van der Waals surface area contributed by atoms with E-state index in [-0.39, 0.29) is 12.0 Å². The highest BCUT2D eigenvalue weighted by Crippen LogP contribution is 2.27. The van der Waals surface area contributed by atoms with Crippen molar-refractivity contribution in [2.24, 2.45) is 0 Å². The van der Waals surface area contributed by atoms with E-state index in [0.29, 0.717) is 5.75 Å². The number of nitrogen functional groups attached to an aromatic ring is 1. The van der Waals surface area contributed by atoms with Crippen molar-refractivity contribution >= 4 is 11.9 Å². The Bertz CT molecular complexity index is 645. The second-order valence-corrected chi connectivity index (χ2v) is 4.48. The highest BCUT2D eigenvalue weighted by atomic mass is 19.4. The van der Waals surface area contributed by atoms with Crippen LogP contribution in [0.3, 0.4) is 0 Å². The van der Waals surface area contributed by atoms with Crippen molar-refractivity contribution in [3.05, 3.63) is 35.7 Å². The summed E-state index contributed by atoms with van der Waals surface area (Å²) in [5.74, 6) is -1.38. The molecule has 0 bridgehead atoms. The standard InChI is InChI=1S/C13H14F3N5O/c1-7(8-3-5-9(22-2)6-4-8)18-12-20-10(13(14,15)16)19-11(17)21-12/h3-7H,1-2H3,(H3,17,18,19,20,21). The molecule has 0 fully saturated rings. The molecule has 1 aromatic heterocycles. The van der Waals surface area contributed by atoms with E-state index in [9.17, 15) is 13.2 Å². The molecule has 22 heavy (non-hydrogen) atoms. The summed E-state index contributed by atoms with van der Waals surface area (Å²) in [6.07, 6.45) is -4.68. The summed E-state index contributed by atoms with van der Waals surface area (Å²) in [7, 11) is 1.54. The lowest BCUT2D eigenvalue weighted by atomic mass is 10.1. The molecule has 118 valence electrons. The third-order valence-electron chi connectivity index (χ3n) is 2.87. The molecule has 0 saturated heterocycles. The van der Waals surface area contributed by atoms with Gasteiger partial charge in [0, 0.05) is 0 Å². The molecule has 1 heterocycles. The van der Waals surface area contributed by atoms with Crippen molar-refractivity contribution in [3.8, 4) is 5.75 Å². The molecule has 0 aliphatic rings. The van der Waals surface area contributed by atoms with Crippen LogP contribution >= 0.6 is 0 Å². The predicted octanol–water partition coefficient (Wildman–Crippen LogP) is 2.65. The van der Waals surface area contributed by atoms with E-state index >= 15 is 0 Å². The Balaban J connectivity index is 2.20. The Kier molecular flexibility index (Phi) is 4.34. The minimum absolute atomic E-state index is 0.233. The lowest BCUT2D eigenvalue weighted by Gasteiger charge is -2.15. The van der Waals surface area contributed by atoms with Gasteiger partial charge in [-0.2, -0.15) is 28.1 Å². The fourth-order valence-corrected chi connectivity index (χ4v) is 1.75. The Hall–Kier alpha value is -2.58. The molecule has 9 heteroatoms. The van der Waals surface area contributed by atoms with Gasteiger partial charge in [-0.05, 0) is 24.6 Å². The van der Waals surface area contributed by atoms with Gasteiger partial charge in [-0.25, -0.2) is 0 Å². The highest BCUT2D eigenvalue weighted by Gasteiger charge is 2.35. The summed E-state index contributed by atoms with van der Waals surface area (Å²) in [4.78, 5) is 10.1. The molecule has 2 rings (SSSR count). The van der Waals surface area contributed by atoms with Gasteiger partial charge in [-0.3, -0.25) is 0 Å². The number of hydrogen-bond donors (Lipinski definition) is 2. The third-order valence-corrected chi connectivity index (χ3v) is 2.87. The van der Waals surface area contributed by atoms with Crippen LogP contribution in [0.1, 0.15) is 24.4 Å². The highest BCUT2D eigenvalue weighted by molar-refractivity contribution is 5.37. The summed E-state index contributed by atoms with van der Waals surface area (Å²) in [5.41, 5.74) is 6.12. The minimum atomic E-state index is -4.68. The zero-order valence-corrected chi connectivity index (χ0v) is 11.8. The molecule has 1 aromatic carbocycles. The molecule has 6 nitrogen and oxygen atoms in total. The van der Waals surface area contributed by atoms with Gasteiger partial charge in [-0.15, -0.1) is 0 Å². The van der Waals surface area contributed by atoms with Crippen LogP contribution in [-0.4, -0.2) is 22.1 Å². The normalized spacial score (nSPS) is 12.8. The zero-order valence-electron chi connectivity index (χ0n) is 11.8. The lowest BCUT2D eigenvalue weighted by Crippen LogP contribution is -2.17. The molecule has 0 aliphatic carbocycles. The van der Waals surface area contributed by atoms with Crippen LogP contribution < -0.4 is 15.8 Å². The number of halogens is 3. The van der Waals surface area contributed by atoms with Crippen LogP contribution in [0.15, 0.2) is 24.3 Å². The molecule has 0 aliphatic heterocycles. The number of ether oxygens (including phenoxy) is 1. The number of benzene rings is 1. The van der Waals surface area contributed by atoms with Crippen molar-refractivity contribution in [3.63, 3.8) is 0 Å². The Morgan fingerprint density at radius 1 is 1.14 bits per heavy atom. The van der Waals surface area contributed by atoms with E-state index in [1.807, 2.05) is 0 Å². The second-order valence-electron chi connectivity index (χ2n) is 4.48. The Labute approximate surface area is 124 Å². The van der Waals surface area contributed by atoms with Gasteiger partial charge >= 0.3 is 6.18 Å². The molecule has 1 atom stereocenters. The number of rotatable bonds is 4. The molecular weight excluding hydrogens is 299 g/mol. The molecule has 0 spiro atoms. The van der Waals surface area contributed by atoms with Gasteiger partial charge in [0.05, 0.1) is 13.2 Å². The number of alkyl halides is 3. The summed E-state index contributed by atoms with van der Waals surface area (Å²) in [6.45, 7) is 1.76. The number of nitrogens with two attached hydrogens (primary N) is 1. The first-order valence-corrected chi connectivity index (χ1v) is 6.29. The number of aromatic nitrogens is 3. The number of nitrogens with zero attached hydrogens (tertiary/aromatic N) is 3. The van der Waals surface area contributed by atoms with Crippen molar-refractivity contribution in [1.29, 1.82) is 0 Å². The molecule has 0 saturated carbocycles. The maximum Gasteiger partial charge on any atom is 0.451 e. The van der Waals surface area contributed by atoms with Crippen molar-refractivity contribution in [2.45, 2.75) is 19.1 Å². The van der Waals surface area contributed by atoms with E-state index in [2.05, 4.69) is 20.3 Å². The van der Waals surface area contributed by atoms with E-state index in [4.69, 9.17) is 10.5 Å². The number of methoxy groups -OCH3 is 1. The lowest BCUT2D eigenvalue weighted by molar-refractivity contribution is -0.144. The first kappa shape index (κ1) is 15.8. The predicted molar refractivity (Wildman–Crippen MR) is 74.3 cm³/mol. The fourth-order valence-electron chi connectivity index (χ4n) is 1.75. The molecule has 0 radical (unpaired) electrons. The van der Waals surface area contributed by atoms with E-state index in [1.165, 1.54) is 0 Å². The maximum atomic E-state index is 12.6. The molecule has 0 amide bonds. The Morgan fingerprint density at radius 2 is 1.77 bits per heavy atom. The fraction of sp³-hybridized carbons (Fsp3) is 0.308. The van der Waals surface area contributed by atoms with Gasteiger partial charge < -0.3 is 15.8 Å². The van der Waals surface area contributed by atoms with Crippen LogP contribution in [0, 0.1) is 0 Å². The van der Waals surface area contributed by atoms with Crippen molar-refractivity contribution < 1.29 is 17.9 Å². The second kappa shape index (κ2) is 6.04. The SMILES string of the molecule is COc1ccc(C(C)Nc2nc(N)nc(C(F)(F)F)n2)cc1. The average molecular weight is 313 g/mol. The van der Waals surface area contributed by atoms with Crippen LogP contribution in [0.25, 0.3) is 0 Å². The summed E-state index contributed by atoms with van der Waals surface area (Å²) in [6, 6.07) is 6.73. The third kappa shape index (κ3) is 3.74. The summed E-state index contributed by atoms with van der Waals surface area (Å²) >= 11 is 0. The monoisotopic (exact) mass is 313 g/mol. The largest absolute Gasteiger partial charge is 0.497 e. The van der Waals surface area contributed by atoms with Gasteiger partial charge in [0.1, 0.15) is 5.75 Å². The van der Waals surface area contributed by atoms with Gasteiger partial charge in [0.15, 0.2) is 0 Å². The van der Waals surface area contributed by atoms with Crippen LogP contribution in [0.2, 0.25) is 0 Å². The summed E-state index contributed by atoms with van der Waals surface area (Å²) in [5, 5.41) is 2.77. The van der Waals surface area contributed by atoms with Crippen LogP contribution in [0.4, 0.5) is 25.1 Å². The van der Waals surface area contributed by atoms with E-state index < -0.39 is 17.9 Å². The van der Waals surface area contributed by atoms with E-state index in [0.717, 1.165) is 5.56 Å². The number of hydrogen-bond acceptors (Lipinski definition) is 6. The number of nitrogens with one attached hydrogen (secondary N) is 1. The van der Waals surface area contributed by atoms with Crippen LogP contribution in [0.5, 0.6) is 5.75 Å². The molecule has 2 aromatic rings. The zero-order chi connectivity index (χ0) is 16.3. The topological polar surface area (TPSA) is 86.0 Å². The average Bonchev–Trinajstić information content (AvgIpc) is 2.45. The quantitative estimate of drug-likeness (QED) is 0.902. The molecule has 1 unspecified atom stereocenters. The van der Waals surface area contributed by atoms with Gasteiger partial charge in [0.2, 0.25) is 17.7 Å². The van der Waals surface area contributed by atoms with E-state index in [1.54, 1.807) is 38.3 Å². The molecule has 3 N–H and O–H groups in total. The van der Waals surface area contributed by atoms with Crippen LogP contribution in [-0.2, 0) is 6.18 Å². The smallest absolute Gasteiger partial charge is 0.451 e. The minimum Gasteiger partial charge on any atom is -0.497 e. The van der Waals surface area contributed by atoms with Crippen molar-refractivity contribution in [2.75, 3.05) is 18.2 Å². The van der Waals surface area contributed by atoms with Gasteiger partial charge in [0.25, 0.3) is 0 Å². The first-order valence-electron chi connectivity index (χ1n) is 6.29. The Morgan fingerprint density at radius 3 is 2.32 bits per heavy atom. The molecular formula is C13H14F3N5O. The van der Waals surface area contributed by atoms with Crippen molar-refractivity contribution in [1.82, 2.24) is 15.0 Å².